The highest BCUT2D eigenvalue weighted by Gasteiger charge is 2.22. The lowest BCUT2D eigenvalue weighted by Crippen LogP contribution is -2.40. The number of aromatic nitrogens is 1. The van der Waals surface area contributed by atoms with Crippen molar-refractivity contribution in [1.29, 1.82) is 0 Å². The third kappa shape index (κ3) is 4.14. The van der Waals surface area contributed by atoms with E-state index in [1.54, 1.807) is 39.0 Å². The Kier molecular flexibility index (Phi) is 4.53. The summed E-state index contributed by atoms with van der Waals surface area (Å²) in [6, 6.07) is 8.96. The fourth-order valence-corrected chi connectivity index (χ4v) is 3.48. The van der Waals surface area contributed by atoms with Gasteiger partial charge in [-0.05, 0) is 45.0 Å². The molecule has 2 aromatic rings. The van der Waals surface area contributed by atoms with Gasteiger partial charge in [-0.25, -0.2) is 17.9 Å². The molecule has 0 saturated heterocycles. The van der Waals surface area contributed by atoms with Crippen molar-refractivity contribution in [3.63, 3.8) is 0 Å². The van der Waals surface area contributed by atoms with Crippen LogP contribution in [-0.2, 0) is 10.0 Å². The standard InChI is InChI=1S/C16H18N2O4S/c1-16(2,3)18-23(21,22)12-8-6-11(7-9-12)14-13(15(19)20)5-4-10-17-14/h4-10,18H,1-3H3,(H,19,20). The number of carboxylic acid groups (broad SMARTS) is 1. The summed E-state index contributed by atoms with van der Waals surface area (Å²) in [6.45, 7) is 5.27. The van der Waals surface area contributed by atoms with Crippen molar-refractivity contribution in [2.24, 2.45) is 0 Å². The van der Waals surface area contributed by atoms with Gasteiger partial charge in [-0.2, -0.15) is 0 Å². The Morgan fingerprint density at radius 2 is 1.74 bits per heavy atom. The van der Waals surface area contributed by atoms with E-state index in [0.29, 0.717) is 11.3 Å². The van der Waals surface area contributed by atoms with Crippen LogP contribution in [0.1, 0.15) is 31.1 Å². The highest BCUT2D eigenvalue weighted by molar-refractivity contribution is 7.89. The fourth-order valence-electron chi connectivity index (χ4n) is 2.06. The summed E-state index contributed by atoms with van der Waals surface area (Å²) < 4.78 is 27.1. The number of hydrogen-bond acceptors (Lipinski definition) is 4. The second kappa shape index (κ2) is 6.10. The van der Waals surface area contributed by atoms with Gasteiger partial charge in [0.05, 0.1) is 16.2 Å². The summed E-state index contributed by atoms with van der Waals surface area (Å²) >= 11 is 0. The van der Waals surface area contributed by atoms with Gasteiger partial charge in [-0.3, -0.25) is 4.98 Å². The number of sulfonamides is 1. The average molecular weight is 334 g/mol. The Morgan fingerprint density at radius 3 is 2.26 bits per heavy atom. The first-order chi connectivity index (χ1) is 10.6. The monoisotopic (exact) mass is 334 g/mol. The molecule has 0 aliphatic carbocycles. The molecule has 2 N–H and O–H groups in total. The summed E-state index contributed by atoms with van der Waals surface area (Å²) in [7, 11) is -3.63. The molecule has 122 valence electrons. The zero-order valence-corrected chi connectivity index (χ0v) is 13.9. The number of rotatable bonds is 4. The maximum Gasteiger partial charge on any atom is 0.337 e. The van der Waals surface area contributed by atoms with E-state index in [0.717, 1.165) is 0 Å². The van der Waals surface area contributed by atoms with Crippen LogP contribution in [0.5, 0.6) is 0 Å². The molecule has 0 aliphatic rings. The number of aromatic carboxylic acids is 1. The SMILES string of the molecule is CC(C)(C)NS(=O)(=O)c1ccc(-c2ncccc2C(=O)O)cc1. The molecular formula is C16H18N2O4S. The summed E-state index contributed by atoms with van der Waals surface area (Å²) in [6.07, 6.45) is 1.49. The minimum absolute atomic E-state index is 0.0657. The molecule has 0 fully saturated rings. The second-order valence-electron chi connectivity index (χ2n) is 6.08. The Hall–Kier alpha value is -2.25. The highest BCUT2D eigenvalue weighted by atomic mass is 32.2. The maximum absolute atomic E-state index is 12.2. The molecule has 0 unspecified atom stereocenters. The number of pyridine rings is 1. The van der Waals surface area contributed by atoms with Crippen LogP contribution in [0, 0.1) is 0 Å². The first kappa shape index (κ1) is 17.1. The molecule has 0 radical (unpaired) electrons. The van der Waals surface area contributed by atoms with Crippen LogP contribution in [0.25, 0.3) is 11.3 Å². The molecule has 23 heavy (non-hydrogen) atoms. The Balaban J connectivity index is 2.40. The lowest BCUT2D eigenvalue weighted by molar-refractivity contribution is 0.0697. The van der Waals surface area contributed by atoms with Crippen LogP contribution in [0.15, 0.2) is 47.5 Å². The predicted octanol–water partition coefficient (Wildman–Crippen LogP) is 2.52. The van der Waals surface area contributed by atoms with E-state index in [2.05, 4.69) is 9.71 Å². The van der Waals surface area contributed by atoms with Crippen LogP contribution in [-0.4, -0.2) is 30.0 Å². The summed E-state index contributed by atoms with van der Waals surface area (Å²) in [4.78, 5) is 15.4. The smallest absolute Gasteiger partial charge is 0.337 e. The van der Waals surface area contributed by atoms with Gasteiger partial charge in [0, 0.05) is 17.3 Å². The topological polar surface area (TPSA) is 96.4 Å². The van der Waals surface area contributed by atoms with Gasteiger partial charge in [0.2, 0.25) is 10.0 Å². The van der Waals surface area contributed by atoms with Crippen molar-refractivity contribution in [2.45, 2.75) is 31.2 Å². The van der Waals surface area contributed by atoms with E-state index < -0.39 is 21.5 Å². The van der Waals surface area contributed by atoms with E-state index in [-0.39, 0.29) is 10.5 Å². The number of carboxylic acids is 1. The molecule has 1 aromatic heterocycles. The molecule has 0 spiro atoms. The van der Waals surface area contributed by atoms with Gasteiger partial charge in [-0.1, -0.05) is 12.1 Å². The summed E-state index contributed by atoms with van der Waals surface area (Å²) in [5.41, 5.74) is 0.316. The molecule has 7 heteroatoms. The van der Waals surface area contributed by atoms with Gasteiger partial charge in [-0.15, -0.1) is 0 Å². The Morgan fingerprint density at radius 1 is 1.13 bits per heavy atom. The molecular weight excluding hydrogens is 316 g/mol. The van der Waals surface area contributed by atoms with Gasteiger partial charge in [0.15, 0.2) is 0 Å². The number of hydrogen-bond donors (Lipinski definition) is 2. The first-order valence-electron chi connectivity index (χ1n) is 6.93. The zero-order valence-electron chi connectivity index (χ0n) is 13.1. The van der Waals surface area contributed by atoms with Crippen molar-refractivity contribution in [3.05, 3.63) is 48.2 Å². The molecule has 0 bridgehead atoms. The van der Waals surface area contributed by atoms with Gasteiger partial charge in [0.1, 0.15) is 0 Å². The number of nitrogens with zero attached hydrogens (tertiary/aromatic N) is 1. The predicted molar refractivity (Wildman–Crippen MR) is 86.7 cm³/mol. The van der Waals surface area contributed by atoms with E-state index in [4.69, 9.17) is 0 Å². The summed E-state index contributed by atoms with van der Waals surface area (Å²) in [5.74, 6) is -1.08. The third-order valence-corrected chi connectivity index (χ3v) is 4.69. The number of nitrogens with one attached hydrogen (secondary N) is 1. The van der Waals surface area contributed by atoms with Gasteiger partial charge >= 0.3 is 5.97 Å². The van der Waals surface area contributed by atoms with Crippen LogP contribution in [0.3, 0.4) is 0 Å². The molecule has 2 rings (SSSR count). The minimum Gasteiger partial charge on any atom is -0.478 e. The number of benzene rings is 1. The van der Waals surface area contributed by atoms with Crippen LogP contribution < -0.4 is 4.72 Å². The molecule has 0 aliphatic heterocycles. The average Bonchev–Trinajstić information content (AvgIpc) is 2.45. The first-order valence-corrected chi connectivity index (χ1v) is 8.41. The molecule has 0 atom stereocenters. The maximum atomic E-state index is 12.2. The molecule has 6 nitrogen and oxygen atoms in total. The summed E-state index contributed by atoms with van der Waals surface area (Å²) in [5, 5.41) is 9.19. The highest BCUT2D eigenvalue weighted by Crippen LogP contribution is 2.23. The van der Waals surface area contributed by atoms with Crippen molar-refractivity contribution >= 4 is 16.0 Å². The lowest BCUT2D eigenvalue weighted by Gasteiger charge is -2.20. The van der Waals surface area contributed by atoms with Crippen molar-refractivity contribution in [1.82, 2.24) is 9.71 Å². The van der Waals surface area contributed by atoms with E-state index in [1.807, 2.05) is 0 Å². The van der Waals surface area contributed by atoms with Crippen LogP contribution >= 0.6 is 0 Å². The van der Waals surface area contributed by atoms with Crippen molar-refractivity contribution in [3.8, 4) is 11.3 Å². The van der Waals surface area contributed by atoms with Crippen LogP contribution in [0.2, 0.25) is 0 Å². The van der Waals surface area contributed by atoms with Crippen molar-refractivity contribution in [2.75, 3.05) is 0 Å². The van der Waals surface area contributed by atoms with Gasteiger partial charge < -0.3 is 5.11 Å². The van der Waals surface area contributed by atoms with Crippen molar-refractivity contribution < 1.29 is 18.3 Å². The Bertz CT molecular complexity index is 822. The largest absolute Gasteiger partial charge is 0.478 e. The van der Waals surface area contributed by atoms with E-state index in [9.17, 15) is 18.3 Å². The second-order valence-corrected chi connectivity index (χ2v) is 7.77. The van der Waals surface area contributed by atoms with E-state index in [1.165, 1.54) is 24.4 Å². The molecule has 0 amide bonds. The third-order valence-electron chi connectivity index (χ3n) is 2.92. The lowest BCUT2D eigenvalue weighted by atomic mass is 10.1. The zero-order chi connectivity index (χ0) is 17.3. The molecule has 1 heterocycles. The van der Waals surface area contributed by atoms with E-state index >= 15 is 0 Å². The quantitative estimate of drug-likeness (QED) is 0.895. The molecule has 1 aromatic carbocycles. The van der Waals surface area contributed by atoms with Crippen LogP contribution in [0.4, 0.5) is 0 Å². The number of carbonyl (C=O) groups is 1. The fraction of sp³-hybridized carbons (Fsp3) is 0.250. The Labute approximate surface area is 135 Å². The normalized spacial score (nSPS) is 12.1. The molecule has 0 saturated carbocycles. The minimum atomic E-state index is -3.63. The van der Waals surface area contributed by atoms with Gasteiger partial charge in [0.25, 0.3) is 0 Å².